The fourth-order valence-corrected chi connectivity index (χ4v) is 5.39. The number of carbonyl (C=O) groups excluding carboxylic acids is 2. The molecule has 0 spiro atoms. The fourth-order valence-electron chi connectivity index (χ4n) is 5.39. The van der Waals surface area contributed by atoms with E-state index in [0.717, 1.165) is 19.4 Å². The lowest BCUT2D eigenvalue weighted by Gasteiger charge is -2.52. The van der Waals surface area contributed by atoms with Gasteiger partial charge >= 0.3 is 7.12 Å². The number of carbonyl (C=O) groups is 2. The predicted octanol–water partition coefficient (Wildman–Crippen LogP) is 6.89. The maximum Gasteiger partial charge on any atom is 0.488 e. The zero-order valence-electron chi connectivity index (χ0n) is 28.2. The van der Waals surface area contributed by atoms with Crippen molar-refractivity contribution < 1.29 is 19.6 Å². The molecule has 7 heteroatoms. The van der Waals surface area contributed by atoms with Gasteiger partial charge in [-0.1, -0.05) is 109 Å². The van der Waals surface area contributed by atoms with Gasteiger partial charge in [0.25, 0.3) is 0 Å². The van der Waals surface area contributed by atoms with Gasteiger partial charge in [-0.05, 0) is 58.5 Å². The second-order valence-corrected chi connectivity index (χ2v) is 14.2. The average molecular weight is 561 g/mol. The molecule has 0 aromatic heterocycles. The largest absolute Gasteiger partial charge is 0.488 e. The molecule has 6 nitrogen and oxygen atoms in total. The van der Waals surface area contributed by atoms with Gasteiger partial charge in [0.05, 0.1) is 0 Å². The van der Waals surface area contributed by atoms with Gasteiger partial charge in [0.2, 0.25) is 11.8 Å². The van der Waals surface area contributed by atoms with E-state index in [1.807, 2.05) is 27.7 Å². The molecule has 0 saturated carbocycles. The number of rotatable bonds is 9. The van der Waals surface area contributed by atoms with Crippen molar-refractivity contribution in [2.75, 3.05) is 11.9 Å². The highest BCUT2D eigenvalue weighted by molar-refractivity contribution is 6.58. The second-order valence-electron chi connectivity index (χ2n) is 14.2. The molecular formula is C33H61BN2O4. The van der Waals surface area contributed by atoms with Crippen LogP contribution < -0.4 is 10.8 Å². The Morgan fingerprint density at radius 1 is 0.950 bits per heavy atom. The van der Waals surface area contributed by atoms with Gasteiger partial charge in [0.1, 0.15) is 0 Å². The van der Waals surface area contributed by atoms with E-state index in [0.29, 0.717) is 24.0 Å². The number of hydrogen-bond donors (Lipinski definition) is 3. The third-order valence-electron chi connectivity index (χ3n) is 8.39. The topological polar surface area (TPSA) is 89.9 Å². The van der Waals surface area contributed by atoms with Crippen molar-refractivity contribution in [3.05, 3.63) is 24.3 Å². The van der Waals surface area contributed by atoms with E-state index in [4.69, 9.17) is 0 Å². The fraction of sp³-hybridized carbons (Fsp3) is 0.758. The van der Waals surface area contributed by atoms with Crippen LogP contribution in [0.25, 0.3) is 0 Å². The molecule has 0 bridgehead atoms. The van der Waals surface area contributed by atoms with E-state index in [1.54, 1.807) is 24.3 Å². The Balaban J connectivity index is 0.00000363. The smallest absolute Gasteiger partial charge is 0.423 e. The first kappa shape index (κ1) is 38.1. The number of nitrogens with zero attached hydrogens (tertiary/aromatic N) is 1. The highest BCUT2D eigenvalue weighted by atomic mass is 16.4. The lowest BCUT2D eigenvalue weighted by Crippen LogP contribution is -2.52. The number of benzene rings is 1. The predicted molar refractivity (Wildman–Crippen MR) is 172 cm³/mol. The minimum absolute atomic E-state index is 0.0721. The number of nitrogens with one attached hydrogen (secondary N) is 1. The molecule has 0 radical (unpaired) electrons. The van der Waals surface area contributed by atoms with Gasteiger partial charge in [-0.2, -0.15) is 0 Å². The minimum atomic E-state index is -1.59. The zero-order valence-corrected chi connectivity index (χ0v) is 28.2. The van der Waals surface area contributed by atoms with Gasteiger partial charge in [-0.3, -0.25) is 9.59 Å². The molecular weight excluding hydrogens is 499 g/mol. The molecule has 3 N–H and O–H groups in total. The zero-order chi connectivity index (χ0) is 31.7. The first-order chi connectivity index (χ1) is 18.3. The Bertz CT molecular complexity index is 929. The summed E-state index contributed by atoms with van der Waals surface area (Å²) in [6.45, 7) is 30.7. The van der Waals surface area contributed by atoms with Crippen LogP contribution in [0.4, 0.5) is 5.69 Å². The highest BCUT2D eigenvalue weighted by Gasteiger charge is 2.50. The van der Waals surface area contributed by atoms with E-state index in [1.165, 1.54) is 0 Å². The summed E-state index contributed by atoms with van der Waals surface area (Å²) >= 11 is 0. The summed E-state index contributed by atoms with van der Waals surface area (Å²) in [5.41, 5.74) is 0.0686. The normalized spacial score (nSPS) is 15.8. The van der Waals surface area contributed by atoms with E-state index in [2.05, 4.69) is 79.5 Å². The summed E-state index contributed by atoms with van der Waals surface area (Å²) in [7, 11) is -1.59. The molecule has 1 aliphatic rings. The third kappa shape index (κ3) is 10.5. The highest BCUT2D eigenvalue weighted by Crippen LogP contribution is 2.52. The summed E-state index contributed by atoms with van der Waals surface area (Å²) in [4.78, 5) is 28.7. The molecule has 40 heavy (non-hydrogen) atoms. The molecule has 1 saturated heterocycles. The van der Waals surface area contributed by atoms with Crippen molar-refractivity contribution in [1.82, 2.24) is 4.90 Å². The van der Waals surface area contributed by atoms with Gasteiger partial charge in [0, 0.05) is 30.6 Å². The van der Waals surface area contributed by atoms with E-state index < -0.39 is 12.5 Å². The van der Waals surface area contributed by atoms with Crippen LogP contribution in [0.5, 0.6) is 0 Å². The molecule has 1 aromatic carbocycles. The maximum absolute atomic E-state index is 13.9. The summed E-state index contributed by atoms with van der Waals surface area (Å²) in [6.07, 6.45) is 3.02. The van der Waals surface area contributed by atoms with Gasteiger partial charge < -0.3 is 20.3 Å². The number of amides is 2. The van der Waals surface area contributed by atoms with Crippen molar-refractivity contribution >= 4 is 30.1 Å². The van der Waals surface area contributed by atoms with Crippen molar-refractivity contribution in [2.45, 2.75) is 129 Å². The molecule has 0 aliphatic carbocycles. The van der Waals surface area contributed by atoms with Crippen molar-refractivity contribution in [2.24, 2.45) is 27.6 Å². The Morgan fingerprint density at radius 2 is 1.50 bits per heavy atom. The summed E-state index contributed by atoms with van der Waals surface area (Å²) in [5.74, 6) is -0.138. The summed E-state index contributed by atoms with van der Waals surface area (Å²) in [5, 5.41) is 22.2. The molecule has 1 aromatic rings. The van der Waals surface area contributed by atoms with Crippen LogP contribution in [0, 0.1) is 27.6 Å². The Labute approximate surface area is 246 Å². The van der Waals surface area contributed by atoms with Gasteiger partial charge in [-0.25, -0.2) is 0 Å². The molecule has 2 rings (SSSR count). The van der Waals surface area contributed by atoms with E-state index in [-0.39, 0.29) is 40.0 Å². The molecule has 1 fully saturated rings. The Kier molecular flexibility index (Phi) is 14.7. The number of likely N-dealkylation sites (tertiary alicyclic amines) is 1. The lowest BCUT2D eigenvalue weighted by atomic mass is 9.55. The molecule has 1 heterocycles. The first-order valence-corrected chi connectivity index (χ1v) is 15.3. The Morgan fingerprint density at radius 3 is 1.93 bits per heavy atom. The molecule has 2 atom stereocenters. The van der Waals surface area contributed by atoms with Crippen molar-refractivity contribution in [1.29, 1.82) is 0 Å². The standard InChI is InChI=1S/C29H49BN2O4.2C2H6/c1-26(2,3)18-22(25(34)31-21-14-11-13-20(17-21)30(35)36)29(9,10)28(7,8)19-23(27(4,5)6)32-16-12-15-24(32)33;2*1-2/h11,13-14,17,22-23,35-36H,12,15-16,18-19H2,1-10H3,(H,31,34);2*1-2H3. The first-order valence-electron chi connectivity index (χ1n) is 15.3. The van der Waals surface area contributed by atoms with E-state index in [9.17, 15) is 19.6 Å². The molecule has 2 amide bonds. The minimum Gasteiger partial charge on any atom is -0.423 e. The quantitative estimate of drug-likeness (QED) is 0.287. The van der Waals surface area contributed by atoms with Crippen molar-refractivity contribution in [3.63, 3.8) is 0 Å². The second kappa shape index (κ2) is 15.4. The molecule has 2 unspecified atom stereocenters. The van der Waals surface area contributed by atoms with Gasteiger partial charge in [-0.15, -0.1) is 0 Å². The van der Waals surface area contributed by atoms with Crippen LogP contribution in [-0.2, 0) is 9.59 Å². The third-order valence-corrected chi connectivity index (χ3v) is 8.39. The van der Waals surface area contributed by atoms with Gasteiger partial charge in [0.15, 0.2) is 0 Å². The Hall–Kier alpha value is -1.86. The number of hydrogen-bond acceptors (Lipinski definition) is 4. The van der Waals surface area contributed by atoms with Crippen LogP contribution in [0.2, 0.25) is 0 Å². The summed E-state index contributed by atoms with van der Waals surface area (Å²) in [6, 6.07) is 6.78. The van der Waals surface area contributed by atoms with Crippen LogP contribution in [0.15, 0.2) is 24.3 Å². The van der Waals surface area contributed by atoms with Crippen LogP contribution >= 0.6 is 0 Å². The molecule has 1 aliphatic heterocycles. The molecule has 230 valence electrons. The van der Waals surface area contributed by atoms with E-state index >= 15 is 0 Å². The van der Waals surface area contributed by atoms with Crippen molar-refractivity contribution in [3.8, 4) is 0 Å². The average Bonchev–Trinajstić information content (AvgIpc) is 3.27. The summed E-state index contributed by atoms with van der Waals surface area (Å²) < 4.78 is 0. The monoisotopic (exact) mass is 560 g/mol. The van der Waals surface area contributed by atoms with Crippen LogP contribution in [-0.4, -0.2) is 46.5 Å². The lowest BCUT2D eigenvalue weighted by molar-refractivity contribution is -0.136. The van der Waals surface area contributed by atoms with Crippen LogP contribution in [0.1, 0.15) is 123 Å². The SMILES string of the molecule is CC.CC.CC(C)(C)CC(C(=O)Nc1cccc(B(O)O)c1)C(C)(C)C(C)(C)CC(N1CCCC1=O)C(C)(C)C. The van der Waals surface area contributed by atoms with Crippen LogP contribution in [0.3, 0.4) is 0 Å². The number of anilines is 1. The maximum atomic E-state index is 13.9.